The van der Waals surface area contributed by atoms with Gasteiger partial charge in [0.2, 0.25) is 4.73 Å². The Labute approximate surface area is 113 Å². The highest BCUT2D eigenvalue weighted by Crippen LogP contribution is 2.26. The molecule has 2 aromatic rings. The van der Waals surface area contributed by atoms with Gasteiger partial charge in [0.15, 0.2) is 11.6 Å². The molecule has 4 nitrogen and oxygen atoms in total. The van der Waals surface area contributed by atoms with E-state index in [0.717, 1.165) is 6.07 Å². The fraction of sp³-hybridized carbons (Fsp3) is 0.200. The fourth-order valence-electron chi connectivity index (χ4n) is 1.28. The number of rotatable bonds is 3. The predicted octanol–water partition coefficient (Wildman–Crippen LogP) is 3.53. The van der Waals surface area contributed by atoms with Gasteiger partial charge in [-0.1, -0.05) is 12.1 Å². The second-order valence-electron chi connectivity index (χ2n) is 3.47. The van der Waals surface area contributed by atoms with Gasteiger partial charge in [-0.3, -0.25) is 0 Å². The normalized spacial score (nSPS) is 11.6. The second kappa shape index (κ2) is 5.16. The van der Waals surface area contributed by atoms with Crippen molar-refractivity contribution < 1.29 is 22.3 Å². The van der Waals surface area contributed by atoms with Crippen molar-refractivity contribution in [3.8, 4) is 11.8 Å². The molecule has 0 aliphatic rings. The van der Waals surface area contributed by atoms with Crippen molar-refractivity contribution in [2.24, 2.45) is 0 Å². The number of para-hydroxylation sites is 1. The lowest BCUT2D eigenvalue weighted by Gasteiger charge is -2.09. The fourth-order valence-corrected chi connectivity index (χ4v) is 1.62. The molecule has 0 aliphatic carbocycles. The standard InChI is InChI=1S/C10H6BrF4N3O/c11-8-16-9(18(17-8)5-10(13,14)15)19-7-4-2-1-3-6(7)12/h1-4H,5H2. The van der Waals surface area contributed by atoms with Gasteiger partial charge in [0.25, 0.3) is 0 Å². The smallest absolute Gasteiger partial charge is 0.408 e. The molecule has 0 fully saturated rings. The molecule has 0 saturated heterocycles. The van der Waals surface area contributed by atoms with Gasteiger partial charge in [0.1, 0.15) is 6.54 Å². The van der Waals surface area contributed by atoms with E-state index in [4.69, 9.17) is 4.74 Å². The van der Waals surface area contributed by atoms with Crippen LogP contribution in [0, 0.1) is 5.82 Å². The predicted molar refractivity (Wildman–Crippen MR) is 60.3 cm³/mol. The van der Waals surface area contributed by atoms with Gasteiger partial charge < -0.3 is 4.74 Å². The van der Waals surface area contributed by atoms with Crippen LogP contribution in [-0.2, 0) is 6.54 Å². The van der Waals surface area contributed by atoms with E-state index in [9.17, 15) is 17.6 Å². The Balaban J connectivity index is 2.28. The quantitative estimate of drug-likeness (QED) is 0.803. The molecule has 0 atom stereocenters. The monoisotopic (exact) mass is 339 g/mol. The van der Waals surface area contributed by atoms with E-state index in [1.54, 1.807) is 0 Å². The number of nitrogens with zero attached hydrogens (tertiary/aromatic N) is 3. The number of alkyl halides is 3. The van der Waals surface area contributed by atoms with Crippen LogP contribution in [0.2, 0.25) is 0 Å². The van der Waals surface area contributed by atoms with Crippen molar-refractivity contribution in [3.05, 3.63) is 34.8 Å². The first kappa shape index (κ1) is 13.8. The third-order valence-corrected chi connectivity index (χ3v) is 2.31. The maximum atomic E-state index is 13.3. The van der Waals surface area contributed by atoms with Crippen LogP contribution in [0.5, 0.6) is 11.8 Å². The summed E-state index contributed by atoms with van der Waals surface area (Å²) in [5.41, 5.74) is 0. The maximum Gasteiger partial charge on any atom is 0.408 e. The van der Waals surface area contributed by atoms with Gasteiger partial charge in [0.05, 0.1) is 0 Å². The van der Waals surface area contributed by atoms with Crippen LogP contribution in [-0.4, -0.2) is 20.9 Å². The van der Waals surface area contributed by atoms with Crippen LogP contribution in [0.1, 0.15) is 0 Å². The highest BCUT2D eigenvalue weighted by Gasteiger charge is 2.31. The molecule has 1 aromatic heterocycles. The maximum absolute atomic E-state index is 13.3. The average Bonchev–Trinajstić information content (AvgIpc) is 2.60. The van der Waals surface area contributed by atoms with Crippen LogP contribution in [0.15, 0.2) is 29.0 Å². The largest absolute Gasteiger partial charge is 0.421 e. The van der Waals surface area contributed by atoms with E-state index < -0.39 is 24.5 Å². The van der Waals surface area contributed by atoms with E-state index in [1.165, 1.54) is 18.2 Å². The molecule has 0 radical (unpaired) electrons. The summed E-state index contributed by atoms with van der Waals surface area (Å²) in [7, 11) is 0. The van der Waals surface area contributed by atoms with E-state index in [2.05, 4.69) is 26.0 Å². The molecule has 0 aliphatic heterocycles. The van der Waals surface area contributed by atoms with Crippen molar-refractivity contribution in [2.45, 2.75) is 12.7 Å². The highest BCUT2D eigenvalue weighted by molar-refractivity contribution is 9.10. The molecule has 9 heteroatoms. The molecule has 0 saturated carbocycles. The zero-order valence-electron chi connectivity index (χ0n) is 9.16. The summed E-state index contributed by atoms with van der Waals surface area (Å²) in [5, 5.41) is 3.48. The first-order chi connectivity index (χ1) is 8.85. The Morgan fingerprint density at radius 2 is 1.95 bits per heavy atom. The average molecular weight is 340 g/mol. The van der Waals surface area contributed by atoms with Crippen molar-refractivity contribution in [1.29, 1.82) is 0 Å². The van der Waals surface area contributed by atoms with E-state index in [1.807, 2.05) is 0 Å². The van der Waals surface area contributed by atoms with E-state index in [0.29, 0.717) is 4.68 Å². The molecule has 0 unspecified atom stereocenters. The van der Waals surface area contributed by atoms with Gasteiger partial charge in [-0.05, 0) is 28.1 Å². The summed E-state index contributed by atoms with van der Waals surface area (Å²) in [6.45, 7) is -1.38. The SMILES string of the molecule is Fc1ccccc1Oc1nc(Br)nn1CC(F)(F)F. The lowest BCUT2D eigenvalue weighted by Crippen LogP contribution is -2.19. The van der Waals surface area contributed by atoms with Crippen LogP contribution >= 0.6 is 15.9 Å². The highest BCUT2D eigenvalue weighted by atomic mass is 79.9. The summed E-state index contributed by atoms with van der Waals surface area (Å²) in [4.78, 5) is 3.61. The summed E-state index contributed by atoms with van der Waals surface area (Å²) < 4.78 is 55.7. The van der Waals surface area contributed by atoms with Crippen LogP contribution in [0.4, 0.5) is 17.6 Å². The Bertz CT molecular complexity index is 584. The minimum absolute atomic E-state index is 0.0805. The molecule has 0 N–H and O–H groups in total. The third-order valence-electron chi connectivity index (χ3n) is 1.98. The number of halogens is 5. The van der Waals surface area contributed by atoms with Gasteiger partial charge >= 0.3 is 12.2 Å². The molecule has 1 aromatic carbocycles. The summed E-state index contributed by atoms with van der Waals surface area (Å²) in [6.07, 6.45) is -4.49. The number of benzene rings is 1. The topological polar surface area (TPSA) is 39.9 Å². The first-order valence-corrected chi connectivity index (χ1v) is 5.74. The van der Waals surface area contributed by atoms with Crippen LogP contribution < -0.4 is 4.74 Å². The third kappa shape index (κ3) is 3.66. The molecule has 0 amide bonds. The lowest BCUT2D eigenvalue weighted by atomic mass is 10.3. The van der Waals surface area contributed by atoms with Crippen LogP contribution in [0.3, 0.4) is 0 Å². The molecule has 1 heterocycles. The van der Waals surface area contributed by atoms with E-state index in [-0.39, 0.29) is 10.5 Å². The number of aromatic nitrogens is 3. The summed E-state index contributed by atoms with van der Waals surface area (Å²) >= 11 is 2.84. The van der Waals surface area contributed by atoms with Gasteiger partial charge in [0, 0.05) is 0 Å². The molecule has 0 spiro atoms. The molecule has 19 heavy (non-hydrogen) atoms. The summed E-state index contributed by atoms with van der Waals surface area (Å²) in [5.74, 6) is -0.939. The molecule has 2 rings (SSSR count). The minimum atomic E-state index is -4.49. The van der Waals surface area contributed by atoms with Crippen molar-refractivity contribution in [1.82, 2.24) is 14.8 Å². The van der Waals surface area contributed by atoms with Gasteiger partial charge in [-0.15, -0.1) is 5.10 Å². The molecule has 102 valence electrons. The molecular weight excluding hydrogens is 334 g/mol. The minimum Gasteiger partial charge on any atom is -0.421 e. The van der Waals surface area contributed by atoms with Crippen molar-refractivity contribution >= 4 is 15.9 Å². The number of ether oxygens (including phenoxy) is 1. The number of hydrogen-bond donors (Lipinski definition) is 0. The zero-order valence-corrected chi connectivity index (χ0v) is 10.7. The Morgan fingerprint density at radius 1 is 1.26 bits per heavy atom. The van der Waals surface area contributed by atoms with Crippen LogP contribution in [0.25, 0.3) is 0 Å². The van der Waals surface area contributed by atoms with Gasteiger partial charge in [-0.2, -0.15) is 18.2 Å². The lowest BCUT2D eigenvalue weighted by molar-refractivity contribution is -0.143. The van der Waals surface area contributed by atoms with Crippen molar-refractivity contribution in [3.63, 3.8) is 0 Å². The first-order valence-electron chi connectivity index (χ1n) is 4.94. The number of hydrogen-bond acceptors (Lipinski definition) is 3. The Kier molecular flexibility index (Phi) is 3.74. The van der Waals surface area contributed by atoms with Crippen molar-refractivity contribution in [2.75, 3.05) is 0 Å². The Morgan fingerprint density at radius 3 is 2.58 bits per heavy atom. The van der Waals surface area contributed by atoms with E-state index >= 15 is 0 Å². The molecule has 0 bridgehead atoms. The van der Waals surface area contributed by atoms with Gasteiger partial charge in [-0.25, -0.2) is 9.07 Å². The molecular formula is C10H6BrF4N3O. The second-order valence-corrected chi connectivity index (χ2v) is 4.18. The summed E-state index contributed by atoms with van der Waals surface area (Å²) in [6, 6.07) is 4.86. The zero-order chi connectivity index (χ0) is 14.0. The Hall–Kier alpha value is -1.64.